The van der Waals surface area contributed by atoms with Gasteiger partial charge >= 0.3 is 5.97 Å². The van der Waals surface area contributed by atoms with E-state index < -0.39 is 5.97 Å². The van der Waals surface area contributed by atoms with Crippen molar-refractivity contribution in [2.24, 2.45) is 0 Å². The predicted molar refractivity (Wildman–Crippen MR) is 104 cm³/mol. The minimum atomic E-state index is -0.504. The van der Waals surface area contributed by atoms with Crippen LogP contribution in [0.3, 0.4) is 0 Å². The molecule has 2 aromatic rings. The van der Waals surface area contributed by atoms with Gasteiger partial charge in [-0.3, -0.25) is 4.79 Å². The molecule has 1 amide bonds. The molecule has 0 aliphatic rings. The van der Waals surface area contributed by atoms with Crippen molar-refractivity contribution in [2.75, 3.05) is 6.61 Å². The summed E-state index contributed by atoms with van der Waals surface area (Å²) >= 11 is 1.29. The molecule has 1 heterocycles. The molecular formula is C20H26N2O3S. The zero-order valence-electron chi connectivity index (χ0n) is 15.8. The number of thiazole rings is 1. The molecule has 0 aliphatic heterocycles. The summed E-state index contributed by atoms with van der Waals surface area (Å²) in [4.78, 5) is 29.1. The van der Waals surface area contributed by atoms with Gasteiger partial charge in [0.25, 0.3) is 5.91 Å². The number of hydrogen-bond donors (Lipinski definition) is 1. The van der Waals surface area contributed by atoms with Crippen LogP contribution in [-0.4, -0.2) is 29.5 Å². The van der Waals surface area contributed by atoms with Crippen LogP contribution >= 0.6 is 11.3 Å². The van der Waals surface area contributed by atoms with Crippen molar-refractivity contribution in [3.05, 3.63) is 40.4 Å². The minimum Gasteiger partial charge on any atom is -0.451 e. The SMILES string of the molecule is CCc1ccc(-c2nc(C)c(C(=O)OCC(=O)NC(CC)CC)s2)cc1. The van der Waals surface area contributed by atoms with Crippen LogP contribution in [0.4, 0.5) is 0 Å². The van der Waals surface area contributed by atoms with E-state index in [-0.39, 0.29) is 18.6 Å². The van der Waals surface area contributed by atoms with E-state index in [2.05, 4.69) is 29.4 Å². The molecule has 1 aromatic heterocycles. The van der Waals surface area contributed by atoms with Gasteiger partial charge in [-0.25, -0.2) is 9.78 Å². The Kier molecular flexibility index (Phi) is 7.33. The normalized spacial score (nSPS) is 10.8. The van der Waals surface area contributed by atoms with E-state index in [1.54, 1.807) is 6.92 Å². The molecule has 1 aromatic carbocycles. The van der Waals surface area contributed by atoms with Crippen LogP contribution in [-0.2, 0) is 16.0 Å². The standard InChI is InChI=1S/C20H26N2O3S/c1-5-14-8-10-15(11-9-14)19-21-13(4)18(26-19)20(24)25-12-17(23)22-16(6-2)7-3/h8-11,16H,5-7,12H2,1-4H3,(H,22,23). The van der Waals surface area contributed by atoms with Gasteiger partial charge in [0.05, 0.1) is 5.69 Å². The molecule has 0 bridgehead atoms. The van der Waals surface area contributed by atoms with Crippen LogP contribution in [0.15, 0.2) is 24.3 Å². The first-order valence-electron chi connectivity index (χ1n) is 9.01. The lowest BCUT2D eigenvalue weighted by Crippen LogP contribution is -2.36. The Hall–Kier alpha value is -2.21. The molecular weight excluding hydrogens is 348 g/mol. The summed E-state index contributed by atoms with van der Waals surface area (Å²) < 4.78 is 5.17. The van der Waals surface area contributed by atoms with Crippen molar-refractivity contribution in [3.63, 3.8) is 0 Å². The second-order valence-electron chi connectivity index (χ2n) is 6.14. The molecule has 0 unspecified atom stereocenters. The van der Waals surface area contributed by atoms with Crippen molar-refractivity contribution in [2.45, 2.75) is 53.0 Å². The summed E-state index contributed by atoms with van der Waals surface area (Å²) in [6, 6.07) is 8.26. The number of nitrogens with zero attached hydrogens (tertiary/aromatic N) is 1. The lowest BCUT2D eigenvalue weighted by atomic mass is 10.1. The molecule has 2 rings (SSSR count). The monoisotopic (exact) mass is 374 g/mol. The number of carbonyl (C=O) groups is 2. The third-order valence-corrected chi connectivity index (χ3v) is 5.46. The maximum atomic E-state index is 12.3. The van der Waals surface area contributed by atoms with Gasteiger partial charge in [0, 0.05) is 11.6 Å². The number of aromatic nitrogens is 1. The van der Waals surface area contributed by atoms with Crippen molar-refractivity contribution in [1.82, 2.24) is 10.3 Å². The summed E-state index contributed by atoms with van der Waals surface area (Å²) in [7, 11) is 0. The van der Waals surface area contributed by atoms with Gasteiger partial charge in [-0.1, -0.05) is 45.0 Å². The smallest absolute Gasteiger partial charge is 0.350 e. The summed E-state index contributed by atoms with van der Waals surface area (Å²) in [6.07, 6.45) is 2.68. The van der Waals surface area contributed by atoms with Crippen molar-refractivity contribution in [3.8, 4) is 10.6 Å². The van der Waals surface area contributed by atoms with Gasteiger partial charge in [0.2, 0.25) is 0 Å². The molecule has 0 atom stereocenters. The van der Waals surface area contributed by atoms with Crippen molar-refractivity contribution < 1.29 is 14.3 Å². The zero-order valence-corrected chi connectivity index (χ0v) is 16.6. The van der Waals surface area contributed by atoms with E-state index in [9.17, 15) is 9.59 Å². The van der Waals surface area contributed by atoms with Crippen LogP contribution in [0.5, 0.6) is 0 Å². The highest BCUT2D eigenvalue weighted by Gasteiger charge is 2.19. The number of benzene rings is 1. The lowest BCUT2D eigenvalue weighted by Gasteiger charge is -2.14. The van der Waals surface area contributed by atoms with Crippen LogP contribution in [0.1, 0.15) is 54.5 Å². The quantitative estimate of drug-likeness (QED) is 0.705. The van der Waals surface area contributed by atoms with Gasteiger partial charge in [0.15, 0.2) is 6.61 Å². The molecule has 0 fully saturated rings. The summed E-state index contributed by atoms with van der Waals surface area (Å²) in [5, 5.41) is 3.63. The molecule has 6 heteroatoms. The van der Waals surface area contributed by atoms with Crippen LogP contribution in [0.25, 0.3) is 10.6 Å². The second kappa shape index (κ2) is 9.48. The molecule has 0 aliphatic carbocycles. The van der Waals surface area contributed by atoms with Crippen molar-refractivity contribution in [1.29, 1.82) is 0 Å². The fraction of sp³-hybridized carbons (Fsp3) is 0.450. The molecule has 1 N–H and O–H groups in total. The fourth-order valence-electron chi connectivity index (χ4n) is 2.55. The topological polar surface area (TPSA) is 68.3 Å². The van der Waals surface area contributed by atoms with Gasteiger partial charge in [-0.15, -0.1) is 11.3 Å². The first-order valence-corrected chi connectivity index (χ1v) is 9.83. The number of aryl methyl sites for hydroxylation is 2. The summed E-state index contributed by atoms with van der Waals surface area (Å²) in [6.45, 7) is 7.63. The number of amides is 1. The predicted octanol–water partition coefficient (Wildman–Crippen LogP) is 4.14. The molecule has 0 spiro atoms. The Balaban J connectivity index is 2.01. The number of rotatable bonds is 8. The molecule has 26 heavy (non-hydrogen) atoms. The van der Waals surface area contributed by atoms with E-state index in [4.69, 9.17) is 4.74 Å². The third-order valence-electron chi connectivity index (χ3n) is 4.28. The molecule has 0 saturated heterocycles. The summed E-state index contributed by atoms with van der Waals surface area (Å²) in [5.74, 6) is -0.777. The highest BCUT2D eigenvalue weighted by molar-refractivity contribution is 7.17. The van der Waals surface area contributed by atoms with Gasteiger partial charge in [0.1, 0.15) is 9.88 Å². The number of esters is 1. The van der Waals surface area contributed by atoms with Gasteiger partial charge in [-0.05, 0) is 31.7 Å². The molecule has 0 saturated carbocycles. The first kappa shape index (κ1) is 20.1. The largest absolute Gasteiger partial charge is 0.451 e. The average molecular weight is 375 g/mol. The maximum absolute atomic E-state index is 12.3. The van der Waals surface area contributed by atoms with E-state index in [1.165, 1.54) is 16.9 Å². The van der Waals surface area contributed by atoms with Gasteiger partial charge < -0.3 is 10.1 Å². The number of nitrogens with one attached hydrogen (secondary N) is 1. The number of hydrogen-bond acceptors (Lipinski definition) is 5. The van der Waals surface area contributed by atoms with E-state index >= 15 is 0 Å². The Morgan fingerprint density at radius 2 is 1.81 bits per heavy atom. The fourth-order valence-corrected chi connectivity index (χ4v) is 3.52. The zero-order chi connectivity index (χ0) is 19.1. The lowest BCUT2D eigenvalue weighted by molar-refractivity contribution is -0.125. The van der Waals surface area contributed by atoms with E-state index in [0.717, 1.165) is 29.8 Å². The molecule has 140 valence electrons. The number of carbonyl (C=O) groups excluding carboxylic acids is 2. The molecule has 5 nitrogen and oxygen atoms in total. The van der Waals surface area contributed by atoms with Crippen LogP contribution in [0, 0.1) is 6.92 Å². The van der Waals surface area contributed by atoms with Gasteiger partial charge in [-0.2, -0.15) is 0 Å². The van der Waals surface area contributed by atoms with Crippen LogP contribution < -0.4 is 5.32 Å². The second-order valence-corrected chi connectivity index (χ2v) is 7.14. The average Bonchev–Trinajstić information content (AvgIpc) is 3.06. The Morgan fingerprint density at radius 3 is 2.38 bits per heavy atom. The van der Waals surface area contributed by atoms with Crippen molar-refractivity contribution >= 4 is 23.2 Å². The Labute approximate surface area is 158 Å². The Bertz CT molecular complexity index is 749. The maximum Gasteiger partial charge on any atom is 0.350 e. The van der Waals surface area contributed by atoms with Crippen LogP contribution in [0.2, 0.25) is 0 Å². The van der Waals surface area contributed by atoms with E-state index in [1.807, 2.05) is 26.0 Å². The number of ether oxygens (including phenoxy) is 1. The Morgan fingerprint density at radius 1 is 1.15 bits per heavy atom. The highest BCUT2D eigenvalue weighted by atomic mass is 32.1. The summed E-state index contributed by atoms with van der Waals surface area (Å²) in [5.41, 5.74) is 2.85. The van der Waals surface area contributed by atoms with E-state index in [0.29, 0.717) is 10.6 Å². The third kappa shape index (κ3) is 5.14. The first-order chi connectivity index (χ1) is 12.5. The highest BCUT2D eigenvalue weighted by Crippen LogP contribution is 2.28. The minimum absolute atomic E-state index is 0.115. The molecule has 0 radical (unpaired) electrons.